The molecule has 2 rings (SSSR count). The number of benzene rings is 1. The normalized spacial score (nSPS) is 18.9. The van der Waals surface area contributed by atoms with Crippen molar-refractivity contribution in [2.75, 3.05) is 26.2 Å². The van der Waals surface area contributed by atoms with Gasteiger partial charge in [0.2, 0.25) is 0 Å². The second-order valence-electron chi connectivity index (χ2n) is 5.70. The second kappa shape index (κ2) is 7.63. The van der Waals surface area contributed by atoms with Crippen LogP contribution in [-0.2, 0) is 6.54 Å². The number of likely N-dealkylation sites (tertiary alicyclic amines) is 1. The highest BCUT2D eigenvalue weighted by molar-refractivity contribution is 5.73. The number of carbonyl (C=O) groups excluding carboxylic acids is 1. The summed E-state index contributed by atoms with van der Waals surface area (Å²) in [5.41, 5.74) is 0.763. The molecule has 0 bridgehead atoms. The van der Waals surface area contributed by atoms with Crippen LogP contribution in [0.4, 0.5) is 22.4 Å². The molecule has 0 radical (unpaired) electrons. The Kier molecular flexibility index (Phi) is 5.81. The van der Waals surface area contributed by atoms with Gasteiger partial charge in [-0.1, -0.05) is 12.1 Å². The van der Waals surface area contributed by atoms with Gasteiger partial charge >= 0.3 is 12.2 Å². The van der Waals surface area contributed by atoms with Crippen LogP contribution in [0.25, 0.3) is 0 Å². The lowest BCUT2D eigenvalue weighted by Gasteiger charge is -2.18. The summed E-state index contributed by atoms with van der Waals surface area (Å²) in [6.45, 7) is 0.418. The standard InChI is InChI=1S/C15H19F4N3O/c16-13-3-1-11(2-4-13)7-20-14(23)21-8-12-5-6-22(9-12)10-15(17,18)19/h1-4,12H,5-10H2,(H2,20,21,23)/t12-/m0/s1. The Bertz CT molecular complexity index is 518. The number of hydrogen-bond donors (Lipinski definition) is 2. The minimum absolute atomic E-state index is 0.0221. The number of amides is 2. The molecule has 0 unspecified atom stereocenters. The van der Waals surface area contributed by atoms with Crippen molar-refractivity contribution in [1.82, 2.24) is 15.5 Å². The van der Waals surface area contributed by atoms with E-state index in [1.165, 1.54) is 17.0 Å². The van der Waals surface area contributed by atoms with E-state index in [9.17, 15) is 22.4 Å². The summed E-state index contributed by atoms with van der Waals surface area (Å²) < 4.78 is 49.6. The molecule has 1 aromatic carbocycles. The van der Waals surface area contributed by atoms with Gasteiger partial charge in [-0.25, -0.2) is 9.18 Å². The fourth-order valence-corrected chi connectivity index (χ4v) is 2.56. The van der Waals surface area contributed by atoms with E-state index >= 15 is 0 Å². The zero-order valence-electron chi connectivity index (χ0n) is 12.5. The van der Waals surface area contributed by atoms with Gasteiger partial charge in [0, 0.05) is 19.6 Å². The van der Waals surface area contributed by atoms with Crippen LogP contribution in [0, 0.1) is 11.7 Å². The van der Waals surface area contributed by atoms with Crippen LogP contribution >= 0.6 is 0 Å². The average molecular weight is 333 g/mol. The molecule has 2 amide bonds. The largest absolute Gasteiger partial charge is 0.401 e. The first-order valence-corrected chi connectivity index (χ1v) is 7.37. The predicted octanol–water partition coefficient (Wildman–Crippen LogP) is 2.51. The molecule has 2 N–H and O–H groups in total. The quantitative estimate of drug-likeness (QED) is 0.813. The lowest BCUT2D eigenvalue weighted by Crippen LogP contribution is -2.39. The monoisotopic (exact) mass is 333 g/mol. The molecule has 8 heteroatoms. The number of urea groups is 1. The molecule has 0 aromatic heterocycles. The van der Waals surface area contributed by atoms with Gasteiger partial charge in [0.15, 0.2) is 0 Å². The van der Waals surface area contributed by atoms with E-state index in [4.69, 9.17) is 0 Å². The van der Waals surface area contributed by atoms with E-state index in [-0.39, 0.29) is 24.3 Å². The summed E-state index contributed by atoms with van der Waals surface area (Å²) in [5, 5.41) is 5.28. The lowest BCUT2D eigenvalue weighted by molar-refractivity contribution is -0.143. The third-order valence-corrected chi connectivity index (χ3v) is 3.69. The van der Waals surface area contributed by atoms with Crippen molar-refractivity contribution in [3.05, 3.63) is 35.6 Å². The fourth-order valence-electron chi connectivity index (χ4n) is 2.56. The maximum Gasteiger partial charge on any atom is 0.401 e. The predicted molar refractivity (Wildman–Crippen MR) is 77.2 cm³/mol. The molecule has 1 heterocycles. The molecular formula is C15H19F4N3O. The summed E-state index contributed by atoms with van der Waals surface area (Å²) in [7, 11) is 0. The second-order valence-corrected chi connectivity index (χ2v) is 5.70. The van der Waals surface area contributed by atoms with Crippen molar-refractivity contribution >= 4 is 6.03 Å². The maximum absolute atomic E-state index is 12.7. The molecule has 128 valence electrons. The molecule has 4 nitrogen and oxygen atoms in total. The van der Waals surface area contributed by atoms with Gasteiger partial charge in [0.25, 0.3) is 0 Å². The van der Waals surface area contributed by atoms with E-state index < -0.39 is 12.7 Å². The van der Waals surface area contributed by atoms with Crippen molar-refractivity contribution in [3.8, 4) is 0 Å². The van der Waals surface area contributed by atoms with Crippen LogP contribution in [0.3, 0.4) is 0 Å². The lowest BCUT2D eigenvalue weighted by atomic mass is 10.1. The minimum atomic E-state index is -4.19. The number of rotatable bonds is 5. The first kappa shape index (κ1) is 17.5. The Morgan fingerprint density at radius 2 is 1.91 bits per heavy atom. The molecule has 1 aliphatic heterocycles. The fraction of sp³-hybridized carbons (Fsp3) is 0.533. The Hall–Kier alpha value is -1.83. The molecule has 1 fully saturated rings. The van der Waals surface area contributed by atoms with Crippen LogP contribution in [0.2, 0.25) is 0 Å². The van der Waals surface area contributed by atoms with Gasteiger partial charge < -0.3 is 10.6 Å². The molecule has 0 saturated carbocycles. The van der Waals surface area contributed by atoms with E-state index in [1.807, 2.05) is 0 Å². The van der Waals surface area contributed by atoms with E-state index in [2.05, 4.69) is 10.6 Å². The number of nitrogens with zero attached hydrogens (tertiary/aromatic N) is 1. The van der Waals surface area contributed by atoms with E-state index in [1.54, 1.807) is 12.1 Å². The minimum Gasteiger partial charge on any atom is -0.338 e. The first-order chi connectivity index (χ1) is 10.8. The van der Waals surface area contributed by atoms with E-state index in [0.717, 1.165) is 5.56 Å². The number of alkyl halides is 3. The van der Waals surface area contributed by atoms with Gasteiger partial charge in [-0.2, -0.15) is 13.2 Å². The third kappa shape index (κ3) is 6.43. The number of hydrogen-bond acceptors (Lipinski definition) is 2. The van der Waals surface area contributed by atoms with Gasteiger partial charge in [-0.05, 0) is 36.6 Å². The molecule has 0 aliphatic carbocycles. The van der Waals surface area contributed by atoms with Gasteiger partial charge in [-0.3, -0.25) is 4.90 Å². The number of halogens is 4. The summed E-state index contributed by atoms with van der Waals surface area (Å²) in [4.78, 5) is 13.0. The van der Waals surface area contributed by atoms with Gasteiger partial charge in [0.1, 0.15) is 5.82 Å². The van der Waals surface area contributed by atoms with Crippen LogP contribution in [0.1, 0.15) is 12.0 Å². The Labute approximate surface area is 131 Å². The Morgan fingerprint density at radius 1 is 1.22 bits per heavy atom. The topological polar surface area (TPSA) is 44.4 Å². The Morgan fingerprint density at radius 3 is 2.57 bits per heavy atom. The highest BCUT2D eigenvalue weighted by Crippen LogP contribution is 2.22. The van der Waals surface area contributed by atoms with E-state index in [0.29, 0.717) is 26.1 Å². The zero-order valence-corrected chi connectivity index (χ0v) is 12.5. The van der Waals surface area contributed by atoms with Crippen molar-refractivity contribution in [2.45, 2.75) is 19.1 Å². The average Bonchev–Trinajstić information content (AvgIpc) is 2.90. The van der Waals surface area contributed by atoms with Gasteiger partial charge in [-0.15, -0.1) is 0 Å². The summed E-state index contributed by atoms with van der Waals surface area (Å²) in [6.07, 6.45) is -3.55. The van der Waals surface area contributed by atoms with Crippen molar-refractivity contribution < 1.29 is 22.4 Å². The van der Waals surface area contributed by atoms with Crippen LogP contribution in [-0.4, -0.2) is 43.3 Å². The zero-order chi connectivity index (χ0) is 16.9. The van der Waals surface area contributed by atoms with Crippen molar-refractivity contribution in [3.63, 3.8) is 0 Å². The third-order valence-electron chi connectivity index (χ3n) is 3.69. The smallest absolute Gasteiger partial charge is 0.338 e. The maximum atomic E-state index is 12.7. The molecule has 1 saturated heterocycles. The van der Waals surface area contributed by atoms with Crippen molar-refractivity contribution in [2.24, 2.45) is 5.92 Å². The SMILES string of the molecule is O=C(NCc1ccc(F)cc1)NC[C@@H]1CCN(CC(F)(F)F)C1. The Balaban J connectivity index is 1.64. The van der Waals surface area contributed by atoms with Crippen LogP contribution in [0.15, 0.2) is 24.3 Å². The van der Waals surface area contributed by atoms with Crippen LogP contribution < -0.4 is 10.6 Å². The molecule has 1 aromatic rings. The summed E-state index contributed by atoms with van der Waals surface area (Å²) >= 11 is 0. The molecular weight excluding hydrogens is 314 g/mol. The highest BCUT2D eigenvalue weighted by Gasteiger charge is 2.34. The number of carbonyl (C=O) groups is 1. The molecule has 23 heavy (non-hydrogen) atoms. The number of nitrogens with one attached hydrogen (secondary N) is 2. The van der Waals surface area contributed by atoms with Crippen LogP contribution in [0.5, 0.6) is 0 Å². The molecule has 1 aliphatic rings. The molecule has 0 spiro atoms. The summed E-state index contributed by atoms with van der Waals surface area (Å²) in [6, 6.07) is 5.37. The summed E-state index contributed by atoms with van der Waals surface area (Å²) in [5.74, 6) is -0.322. The van der Waals surface area contributed by atoms with Crippen molar-refractivity contribution in [1.29, 1.82) is 0 Å². The first-order valence-electron chi connectivity index (χ1n) is 7.37. The van der Waals surface area contributed by atoms with Gasteiger partial charge in [0.05, 0.1) is 6.54 Å². The highest BCUT2D eigenvalue weighted by atomic mass is 19.4. The molecule has 1 atom stereocenters.